The van der Waals surface area contributed by atoms with Gasteiger partial charge < -0.3 is 10.8 Å². The van der Waals surface area contributed by atoms with Crippen LogP contribution in [0.5, 0.6) is 0 Å². The van der Waals surface area contributed by atoms with Gasteiger partial charge in [0.1, 0.15) is 0 Å². The Hall–Kier alpha value is -2.54. The molecule has 0 bridgehead atoms. The molecule has 2 aromatic carbocycles. The molecule has 0 amide bonds. The molecule has 0 saturated heterocycles. The van der Waals surface area contributed by atoms with E-state index < -0.39 is 16.0 Å². The number of carboxylic acid groups (broad SMARTS) is 1. The van der Waals surface area contributed by atoms with E-state index in [1.54, 1.807) is 30.3 Å². The van der Waals surface area contributed by atoms with Gasteiger partial charge in [0.15, 0.2) is 0 Å². The van der Waals surface area contributed by atoms with Crippen LogP contribution < -0.4 is 10.5 Å². The largest absolute Gasteiger partial charge is 0.478 e. The predicted octanol–water partition coefficient (Wildman–Crippen LogP) is 1.77. The Labute approximate surface area is 115 Å². The van der Waals surface area contributed by atoms with Crippen LogP contribution in [0.2, 0.25) is 0 Å². The third-order valence-electron chi connectivity index (χ3n) is 2.59. The van der Waals surface area contributed by atoms with Crippen LogP contribution in [0.3, 0.4) is 0 Å². The first-order valence-corrected chi connectivity index (χ1v) is 7.09. The lowest BCUT2D eigenvalue weighted by Gasteiger charge is -2.09. The number of nitrogen functional groups attached to an aromatic ring is 1. The Morgan fingerprint density at radius 3 is 2.30 bits per heavy atom. The van der Waals surface area contributed by atoms with E-state index in [0.29, 0.717) is 5.69 Å². The van der Waals surface area contributed by atoms with E-state index in [1.807, 2.05) is 0 Å². The van der Waals surface area contributed by atoms with Gasteiger partial charge in [-0.15, -0.1) is 0 Å². The van der Waals surface area contributed by atoms with Crippen molar-refractivity contribution in [3.63, 3.8) is 0 Å². The van der Waals surface area contributed by atoms with Crippen molar-refractivity contribution in [1.29, 1.82) is 0 Å². The molecule has 0 spiro atoms. The number of anilines is 2. The number of carboxylic acids is 1. The van der Waals surface area contributed by atoms with Crippen LogP contribution in [0.1, 0.15) is 10.4 Å². The van der Waals surface area contributed by atoms with Crippen LogP contribution in [0.15, 0.2) is 53.4 Å². The van der Waals surface area contributed by atoms with Gasteiger partial charge >= 0.3 is 5.97 Å². The van der Waals surface area contributed by atoms with Gasteiger partial charge in [0, 0.05) is 11.4 Å². The van der Waals surface area contributed by atoms with Crippen molar-refractivity contribution in [2.45, 2.75) is 4.90 Å². The van der Waals surface area contributed by atoms with Crippen molar-refractivity contribution in [2.24, 2.45) is 0 Å². The second-order valence-corrected chi connectivity index (χ2v) is 5.71. The molecule has 0 unspecified atom stereocenters. The molecule has 6 nitrogen and oxygen atoms in total. The predicted molar refractivity (Wildman–Crippen MR) is 75.1 cm³/mol. The normalized spacial score (nSPS) is 11.0. The molecule has 0 saturated carbocycles. The second kappa shape index (κ2) is 5.22. The molecule has 104 valence electrons. The third kappa shape index (κ3) is 2.89. The zero-order chi connectivity index (χ0) is 14.8. The highest BCUT2D eigenvalue weighted by molar-refractivity contribution is 7.92. The minimum atomic E-state index is -3.80. The van der Waals surface area contributed by atoms with Gasteiger partial charge in [-0.3, -0.25) is 4.72 Å². The number of rotatable bonds is 4. The summed E-state index contributed by atoms with van der Waals surface area (Å²) in [7, 11) is -3.80. The lowest BCUT2D eigenvalue weighted by molar-refractivity contribution is 0.0698. The minimum Gasteiger partial charge on any atom is -0.478 e. The summed E-state index contributed by atoms with van der Waals surface area (Å²) < 4.78 is 26.6. The monoisotopic (exact) mass is 292 g/mol. The highest BCUT2D eigenvalue weighted by atomic mass is 32.2. The number of nitrogens with two attached hydrogens (primary N) is 1. The van der Waals surface area contributed by atoms with Crippen molar-refractivity contribution in [3.05, 3.63) is 54.1 Å². The van der Waals surface area contributed by atoms with Crippen LogP contribution >= 0.6 is 0 Å². The summed E-state index contributed by atoms with van der Waals surface area (Å²) in [6, 6.07) is 11.8. The van der Waals surface area contributed by atoms with Crippen LogP contribution in [0.25, 0.3) is 0 Å². The summed E-state index contributed by atoms with van der Waals surface area (Å²) in [6.07, 6.45) is 0. The van der Waals surface area contributed by atoms with Gasteiger partial charge in [-0.1, -0.05) is 18.2 Å². The van der Waals surface area contributed by atoms with Crippen molar-refractivity contribution in [1.82, 2.24) is 0 Å². The van der Waals surface area contributed by atoms with Crippen LogP contribution in [-0.2, 0) is 10.0 Å². The summed E-state index contributed by atoms with van der Waals surface area (Å²) in [6.45, 7) is 0. The van der Waals surface area contributed by atoms with Crippen molar-refractivity contribution in [3.8, 4) is 0 Å². The maximum atomic E-state index is 12.1. The fourth-order valence-electron chi connectivity index (χ4n) is 1.62. The van der Waals surface area contributed by atoms with Gasteiger partial charge in [-0.25, -0.2) is 13.2 Å². The molecule has 0 aliphatic carbocycles. The molecule has 0 heterocycles. The number of sulfonamides is 1. The fraction of sp³-hybridized carbons (Fsp3) is 0. The maximum absolute atomic E-state index is 12.1. The number of hydrogen-bond acceptors (Lipinski definition) is 4. The van der Waals surface area contributed by atoms with Crippen LogP contribution in [-0.4, -0.2) is 19.5 Å². The molecule has 4 N–H and O–H groups in total. The van der Waals surface area contributed by atoms with Crippen LogP contribution in [0.4, 0.5) is 11.4 Å². The number of nitrogens with one attached hydrogen (secondary N) is 1. The molecule has 7 heteroatoms. The first kappa shape index (κ1) is 13.9. The summed E-state index contributed by atoms with van der Waals surface area (Å²) in [4.78, 5) is 10.7. The smallest absolute Gasteiger partial charge is 0.337 e. The second-order valence-electron chi connectivity index (χ2n) is 4.03. The van der Waals surface area contributed by atoms with Crippen LogP contribution in [0, 0.1) is 0 Å². The van der Waals surface area contributed by atoms with E-state index in [2.05, 4.69) is 4.72 Å². The number of carbonyl (C=O) groups is 1. The molecule has 0 aromatic heterocycles. The third-order valence-corrected chi connectivity index (χ3v) is 3.97. The topological polar surface area (TPSA) is 109 Å². The highest BCUT2D eigenvalue weighted by Gasteiger charge is 2.17. The quantitative estimate of drug-likeness (QED) is 0.744. The first-order chi connectivity index (χ1) is 9.40. The zero-order valence-electron chi connectivity index (χ0n) is 10.3. The zero-order valence-corrected chi connectivity index (χ0v) is 11.1. The van der Waals surface area contributed by atoms with Crippen molar-refractivity contribution < 1.29 is 18.3 Å². The van der Waals surface area contributed by atoms with E-state index >= 15 is 0 Å². The van der Waals surface area contributed by atoms with E-state index in [0.717, 1.165) is 12.1 Å². The Balaban J connectivity index is 2.35. The minimum absolute atomic E-state index is 0.0937. The van der Waals surface area contributed by atoms with Crippen molar-refractivity contribution >= 4 is 27.4 Å². The van der Waals surface area contributed by atoms with Gasteiger partial charge in [0.25, 0.3) is 10.0 Å². The first-order valence-electron chi connectivity index (χ1n) is 5.61. The molecule has 2 rings (SSSR count). The number of para-hydroxylation sites is 1. The van der Waals surface area contributed by atoms with E-state index in [-0.39, 0.29) is 16.1 Å². The number of benzene rings is 2. The molecule has 2 aromatic rings. The van der Waals surface area contributed by atoms with Crippen molar-refractivity contribution in [2.75, 3.05) is 10.5 Å². The molecule has 20 heavy (non-hydrogen) atoms. The Kier molecular flexibility index (Phi) is 3.62. The molecule has 0 atom stereocenters. The van der Waals surface area contributed by atoms with Gasteiger partial charge in [0.2, 0.25) is 0 Å². The maximum Gasteiger partial charge on any atom is 0.337 e. The molecule has 0 radical (unpaired) electrons. The average molecular weight is 292 g/mol. The lowest BCUT2D eigenvalue weighted by Crippen LogP contribution is -2.14. The van der Waals surface area contributed by atoms with E-state index in [1.165, 1.54) is 6.07 Å². The molecule has 0 aliphatic rings. The van der Waals surface area contributed by atoms with E-state index in [9.17, 15) is 13.2 Å². The van der Waals surface area contributed by atoms with Gasteiger partial charge in [-0.05, 0) is 30.3 Å². The average Bonchev–Trinajstić information content (AvgIpc) is 2.38. The molecular weight excluding hydrogens is 280 g/mol. The standard InChI is InChI=1S/C13H12N2O4S/c14-12-8-10(6-7-11(12)13(16)17)20(18,19)15-9-4-2-1-3-5-9/h1-8,15H,14H2,(H,16,17). The number of hydrogen-bond donors (Lipinski definition) is 3. The summed E-state index contributed by atoms with van der Waals surface area (Å²) in [5.41, 5.74) is 5.71. The molecular formula is C13H12N2O4S. The lowest BCUT2D eigenvalue weighted by atomic mass is 10.2. The summed E-state index contributed by atoms with van der Waals surface area (Å²) in [5, 5.41) is 8.85. The Morgan fingerprint density at radius 2 is 1.75 bits per heavy atom. The summed E-state index contributed by atoms with van der Waals surface area (Å²) >= 11 is 0. The Bertz CT molecular complexity index is 742. The van der Waals surface area contributed by atoms with Gasteiger partial charge in [-0.2, -0.15) is 0 Å². The highest BCUT2D eigenvalue weighted by Crippen LogP contribution is 2.20. The molecule has 0 fully saturated rings. The summed E-state index contributed by atoms with van der Waals surface area (Å²) in [5.74, 6) is -1.21. The van der Waals surface area contributed by atoms with Gasteiger partial charge in [0.05, 0.1) is 10.5 Å². The number of aromatic carboxylic acids is 1. The SMILES string of the molecule is Nc1cc(S(=O)(=O)Nc2ccccc2)ccc1C(=O)O. The van der Waals surface area contributed by atoms with E-state index in [4.69, 9.17) is 10.8 Å². The Morgan fingerprint density at radius 1 is 1.10 bits per heavy atom. The fourth-order valence-corrected chi connectivity index (χ4v) is 2.72. The molecule has 0 aliphatic heterocycles.